The first-order valence-corrected chi connectivity index (χ1v) is 9.85. The lowest BCUT2D eigenvalue weighted by atomic mass is 10.1. The average molecular weight is 368 g/mol. The maximum Gasteiger partial charge on any atom is 0.409 e. The number of ether oxygens (including phenoxy) is 1. The fraction of sp³-hybridized carbons (Fsp3) is 0.706. The molecule has 0 spiro atoms. The van der Waals surface area contributed by atoms with E-state index < -0.39 is 0 Å². The van der Waals surface area contributed by atoms with Gasteiger partial charge in [0.2, 0.25) is 0 Å². The summed E-state index contributed by atoms with van der Waals surface area (Å²) in [5.74, 6) is 0.500. The largest absolute Gasteiger partial charge is 0.450 e. The van der Waals surface area contributed by atoms with Crippen molar-refractivity contribution in [2.45, 2.75) is 52.0 Å². The van der Waals surface area contributed by atoms with Crippen LogP contribution in [0.5, 0.6) is 0 Å². The van der Waals surface area contributed by atoms with E-state index in [0.29, 0.717) is 25.7 Å². The van der Waals surface area contributed by atoms with Crippen molar-refractivity contribution in [3.8, 4) is 0 Å². The third-order valence-electron chi connectivity index (χ3n) is 4.12. The number of aromatic nitrogens is 1. The maximum atomic E-state index is 11.7. The minimum absolute atomic E-state index is 0.224. The number of carbonyl (C=O) groups excluding carboxylic acids is 1. The van der Waals surface area contributed by atoms with Crippen molar-refractivity contribution in [3.05, 3.63) is 16.1 Å². The number of hydrogen-bond donors (Lipinski definition) is 2. The number of nitrogens with two attached hydrogens (primary N) is 1. The number of aliphatic imine (C=N–C) groups is 1. The summed E-state index contributed by atoms with van der Waals surface area (Å²) < 4.78 is 5.02. The van der Waals surface area contributed by atoms with E-state index in [1.54, 1.807) is 16.2 Å². The lowest BCUT2D eigenvalue weighted by Crippen LogP contribution is -2.48. The van der Waals surface area contributed by atoms with E-state index in [2.05, 4.69) is 20.7 Å². The van der Waals surface area contributed by atoms with Gasteiger partial charge in [-0.3, -0.25) is 4.99 Å². The Morgan fingerprint density at radius 1 is 1.48 bits per heavy atom. The van der Waals surface area contributed by atoms with Crippen molar-refractivity contribution in [2.24, 2.45) is 10.7 Å². The summed E-state index contributed by atoms with van der Waals surface area (Å²) in [6.45, 7) is 6.37. The smallest absolute Gasteiger partial charge is 0.409 e. The molecule has 0 atom stereocenters. The molecule has 0 unspecified atom stereocenters. The Hall–Kier alpha value is -1.83. The summed E-state index contributed by atoms with van der Waals surface area (Å²) in [5, 5.41) is 6.54. The number of nitrogens with zero attached hydrogens (tertiary/aromatic N) is 3. The standard InChI is InChI=1S/C17H29N5O2S/c1-3-24-17(23)22-10-7-14(8-11-22)21-16(18)19-9-5-4-6-15-20-13(2)12-25-15/h12,14H,3-11H2,1-2H3,(H3,18,19,21). The molecule has 8 heteroatoms. The molecule has 1 aliphatic heterocycles. The predicted octanol–water partition coefficient (Wildman–Crippen LogP) is 2.30. The number of piperidine rings is 1. The lowest BCUT2D eigenvalue weighted by molar-refractivity contribution is 0.0963. The van der Waals surface area contributed by atoms with Crippen molar-refractivity contribution in [1.82, 2.24) is 15.2 Å². The van der Waals surface area contributed by atoms with E-state index in [9.17, 15) is 4.79 Å². The fourth-order valence-electron chi connectivity index (χ4n) is 2.78. The number of guanidine groups is 1. The second kappa shape index (κ2) is 10.2. The van der Waals surface area contributed by atoms with Crippen LogP contribution < -0.4 is 11.1 Å². The van der Waals surface area contributed by atoms with Crippen molar-refractivity contribution < 1.29 is 9.53 Å². The van der Waals surface area contributed by atoms with Gasteiger partial charge < -0.3 is 20.7 Å². The van der Waals surface area contributed by atoms with Crippen LogP contribution >= 0.6 is 11.3 Å². The van der Waals surface area contributed by atoms with Crippen LogP contribution in [0.4, 0.5) is 4.79 Å². The molecule has 3 N–H and O–H groups in total. The SMILES string of the molecule is CCOC(=O)N1CCC(NC(N)=NCCCCc2nc(C)cs2)CC1. The molecule has 2 rings (SSSR count). The Balaban J connectivity index is 1.59. The zero-order chi connectivity index (χ0) is 18.1. The molecule has 0 radical (unpaired) electrons. The minimum atomic E-state index is -0.224. The highest BCUT2D eigenvalue weighted by Gasteiger charge is 2.23. The van der Waals surface area contributed by atoms with Gasteiger partial charge in [0, 0.05) is 36.8 Å². The molecule has 1 aliphatic rings. The first-order valence-electron chi connectivity index (χ1n) is 8.97. The Bertz CT molecular complexity index is 567. The van der Waals surface area contributed by atoms with Crippen LogP contribution in [0.15, 0.2) is 10.4 Å². The van der Waals surface area contributed by atoms with Gasteiger partial charge in [0.15, 0.2) is 5.96 Å². The van der Waals surface area contributed by atoms with E-state index >= 15 is 0 Å². The predicted molar refractivity (Wildman–Crippen MR) is 101 cm³/mol. The molecule has 1 amide bonds. The van der Waals surface area contributed by atoms with E-state index in [1.807, 2.05) is 13.8 Å². The number of carbonyl (C=O) groups is 1. The Morgan fingerprint density at radius 3 is 2.88 bits per heavy atom. The summed E-state index contributed by atoms with van der Waals surface area (Å²) in [7, 11) is 0. The average Bonchev–Trinajstić information content (AvgIpc) is 3.01. The van der Waals surface area contributed by atoms with Gasteiger partial charge in [0.1, 0.15) is 0 Å². The number of thiazole rings is 1. The van der Waals surface area contributed by atoms with Crippen molar-refractivity contribution >= 4 is 23.4 Å². The van der Waals surface area contributed by atoms with Gasteiger partial charge in [-0.15, -0.1) is 11.3 Å². The van der Waals surface area contributed by atoms with Crippen LogP contribution in [-0.2, 0) is 11.2 Å². The molecule has 2 heterocycles. The molecule has 140 valence electrons. The normalized spacial score (nSPS) is 16.1. The lowest BCUT2D eigenvalue weighted by Gasteiger charge is -2.31. The second-order valence-corrected chi connectivity index (χ2v) is 7.15. The monoisotopic (exact) mass is 367 g/mol. The summed E-state index contributed by atoms with van der Waals surface area (Å²) in [4.78, 5) is 22.3. The van der Waals surface area contributed by atoms with Gasteiger partial charge >= 0.3 is 6.09 Å². The maximum absolute atomic E-state index is 11.7. The summed E-state index contributed by atoms with van der Waals surface area (Å²) >= 11 is 1.72. The first-order chi connectivity index (χ1) is 12.1. The number of hydrogen-bond acceptors (Lipinski definition) is 5. The highest BCUT2D eigenvalue weighted by molar-refractivity contribution is 7.09. The summed E-state index contributed by atoms with van der Waals surface area (Å²) in [6.07, 6.45) is 4.58. The Kier molecular flexibility index (Phi) is 7.97. The number of rotatable bonds is 7. The van der Waals surface area contributed by atoms with Gasteiger partial charge in [-0.2, -0.15) is 0 Å². The Labute approximate surface area is 153 Å². The quantitative estimate of drug-likeness (QED) is 0.438. The molecule has 0 saturated carbocycles. The zero-order valence-corrected chi connectivity index (χ0v) is 16.0. The molecule has 7 nitrogen and oxygen atoms in total. The molecule has 1 saturated heterocycles. The fourth-order valence-corrected chi connectivity index (χ4v) is 3.60. The van der Waals surface area contributed by atoms with Crippen LogP contribution in [0, 0.1) is 6.92 Å². The Morgan fingerprint density at radius 2 is 2.24 bits per heavy atom. The summed E-state index contributed by atoms with van der Waals surface area (Å²) in [5.41, 5.74) is 7.06. The van der Waals surface area contributed by atoms with Crippen molar-refractivity contribution in [3.63, 3.8) is 0 Å². The number of unbranched alkanes of at least 4 members (excludes halogenated alkanes) is 1. The van der Waals surface area contributed by atoms with Crippen LogP contribution in [0.1, 0.15) is 43.3 Å². The number of aryl methyl sites for hydroxylation is 2. The first kappa shape index (κ1) is 19.5. The second-order valence-electron chi connectivity index (χ2n) is 6.21. The highest BCUT2D eigenvalue weighted by Crippen LogP contribution is 2.12. The molecule has 0 bridgehead atoms. The van der Waals surface area contributed by atoms with Gasteiger partial charge in [-0.25, -0.2) is 9.78 Å². The van der Waals surface area contributed by atoms with Crippen LogP contribution in [0.25, 0.3) is 0 Å². The van der Waals surface area contributed by atoms with Crippen LogP contribution in [0.2, 0.25) is 0 Å². The zero-order valence-electron chi connectivity index (χ0n) is 15.2. The third kappa shape index (κ3) is 6.89. The summed E-state index contributed by atoms with van der Waals surface area (Å²) in [6, 6.07) is 0.271. The number of amides is 1. The van der Waals surface area contributed by atoms with Crippen molar-refractivity contribution in [2.75, 3.05) is 26.2 Å². The molecule has 25 heavy (non-hydrogen) atoms. The number of nitrogens with one attached hydrogen (secondary N) is 1. The highest BCUT2D eigenvalue weighted by atomic mass is 32.1. The molecule has 1 aromatic heterocycles. The van der Waals surface area contributed by atoms with Gasteiger partial charge in [0.25, 0.3) is 0 Å². The molecule has 0 aliphatic carbocycles. The van der Waals surface area contributed by atoms with Gasteiger partial charge in [0.05, 0.1) is 11.6 Å². The molecule has 1 aromatic rings. The molecule has 0 aromatic carbocycles. The van der Waals surface area contributed by atoms with Gasteiger partial charge in [-0.05, 0) is 46.0 Å². The van der Waals surface area contributed by atoms with E-state index in [-0.39, 0.29) is 12.1 Å². The molecular weight excluding hydrogens is 338 g/mol. The minimum Gasteiger partial charge on any atom is -0.450 e. The van der Waals surface area contributed by atoms with Crippen LogP contribution in [0.3, 0.4) is 0 Å². The van der Waals surface area contributed by atoms with Gasteiger partial charge in [-0.1, -0.05) is 0 Å². The van der Waals surface area contributed by atoms with E-state index in [1.165, 1.54) is 5.01 Å². The van der Waals surface area contributed by atoms with E-state index in [0.717, 1.165) is 44.3 Å². The van der Waals surface area contributed by atoms with E-state index in [4.69, 9.17) is 10.5 Å². The van der Waals surface area contributed by atoms with Crippen molar-refractivity contribution in [1.29, 1.82) is 0 Å². The van der Waals surface area contributed by atoms with Crippen LogP contribution in [-0.4, -0.2) is 54.2 Å². The number of likely N-dealkylation sites (tertiary alicyclic amines) is 1. The third-order valence-corrected chi connectivity index (χ3v) is 5.15. The molecular formula is C17H29N5O2S. The molecule has 1 fully saturated rings. The topological polar surface area (TPSA) is 92.8 Å².